The van der Waals surface area contributed by atoms with Crippen molar-refractivity contribution in [2.45, 2.75) is 27.3 Å². The van der Waals surface area contributed by atoms with E-state index in [-0.39, 0.29) is 5.97 Å². The van der Waals surface area contributed by atoms with Crippen molar-refractivity contribution in [2.24, 2.45) is 0 Å². The van der Waals surface area contributed by atoms with Gasteiger partial charge in [0.15, 0.2) is 0 Å². The fourth-order valence-corrected chi connectivity index (χ4v) is 2.08. The molecule has 0 aliphatic carbocycles. The van der Waals surface area contributed by atoms with Crippen molar-refractivity contribution >= 4 is 5.97 Å². The number of nitrogens with zero attached hydrogens (tertiary/aromatic N) is 2. The first kappa shape index (κ1) is 13.3. The first-order valence-electron chi connectivity index (χ1n) is 6.19. The highest BCUT2D eigenvalue weighted by atomic mass is 16.5. The molecule has 2 aromatic rings. The lowest BCUT2D eigenvalue weighted by Gasteiger charge is -2.12. The van der Waals surface area contributed by atoms with Crippen molar-refractivity contribution < 1.29 is 9.53 Å². The molecule has 0 aliphatic heterocycles. The fourth-order valence-electron chi connectivity index (χ4n) is 2.08. The Balaban J connectivity index is 2.40. The van der Waals surface area contributed by atoms with Gasteiger partial charge >= 0.3 is 5.97 Å². The van der Waals surface area contributed by atoms with Crippen LogP contribution in [-0.4, -0.2) is 22.6 Å². The summed E-state index contributed by atoms with van der Waals surface area (Å²) in [5.74, 6) is 0.451. The number of aryl methyl sites for hydroxylation is 3. The van der Waals surface area contributed by atoms with E-state index in [1.54, 1.807) is 6.20 Å². The fraction of sp³-hybridized carbons (Fsp3) is 0.333. The highest BCUT2D eigenvalue weighted by Crippen LogP contribution is 2.15. The van der Waals surface area contributed by atoms with Crippen LogP contribution in [0.3, 0.4) is 0 Å². The molecule has 4 heteroatoms. The van der Waals surface area contributed by atoms with Crippen LogP contribution in [0.4, 0.5) is 0 Å². The largest absolute Gasteiger partial charge is 0.464 e. The monoisotopic (exact) mass is 258 g/mol. The van der Waals surface area contributed by atoms with Crippen molar-refractivity contribution in [1.29, 1.82) is 0 Å². The third kappa shape index (κ3) is 2.67. The van der Waals surface area contributed by atoms with Crippen LogP contribution in [-0.2, 0) is 11.3 Å². The van der Waals surface area contributed by atoms with Gasteiger partial charge in [-0.25, -0.2) is 9.78 Å². The minimum Gasteiger partial charge on any atom is -0.464 e. The Morgan fingerprint density at radius 2 is 2.05 bits per heavy atom. The maximum Gasteiger partial charge on any atom is 0.356 e. The highest BCUT2D eigenvalue weighted by Gasteiger charge is 2.15. The molecule has 0 atom stereocenters. The number of ether oxygens (including phenoxy) is 1. The summed E-state index contributed by atoms with van der Waals surface area (Å²) in [4.78, 5) is 15.9. The van der Waals surface area contributed by atoms with Gasteiger partial charge in [-0.15, -0.1) is 0 Å². The summed E-state index contributed by atoms with van der Waals surface area (Å²) >= 11 is 0. The lowest BCUT2D eigenvalue weighted by Crippen LogP contribution is -2.13. The van der Waals surface area contributed by atoms with Gasteiger partial charge in [0.25, 0.3) is 0 Å². The van der Waals surface area contributed by atoms with E-state index >= 15 is 0 Å². The average molecular weight is 258 g/mol. The van der Waals surface area contributed by atoms with E-state index in [9.17, 15) is 4.79 Å². The number of esters is 1. The summed E-state index contributed by atoms with van der Waals surface area (Å²) in [5.41, 5.74) is 4.08. The van der Waals surface area contributed by atoms with Gasteiger partial charge in [-0.1, -0.05) is 23.8 Å². The third-order valence-electron chi connectivity index (χ3n) is 3.28. The van der Waals surface area contributed by atoms with Crippen LogP contribution >= 0.6 is 0 Å². The Morgan fingerprint density at radius 1 is 1.32 bits per heavy atom. The van der Waals surface area contributed by atoms with Gasteiger partial charge in [0, 0.05) is 6.54 Å². The first-order chi connectivity index (χ1) is 9.02. The zero-order valence-electron chi connectivity index (χ0n) is 11.7. The average Bonchev–Trinajstić information content (AvgIpc) is 2.75. The normalized spacial score (nSPS) is 10.5. The number of methoxy groups -OCH3 is 1. The Morgan fingerprint density at radius 3 is 2.74 bits per heavy atom. The second-order valence-corrected chi connectivity index (χ2v) is 4.70. The Bertz CT molecular complexity index is 615. The highest BCUT2D eigenvalue weighted by molar-refractivity contribution is 5.87. The Kier molecular flexibility index (Phi) is 3.69. The second kappa shape index (κ2) is 5.26. The van der Waals surface area contributed by atoms with Crippen LogP contribution < -0.4 is 0 Å². The van der Waals surface area contributed by atoms with Crippen LogP contribution in [0.1, 0.15) is 33.0 Å². The molecule has 1 heterocycles. The molecule has 0 saturated heterocycles. The lowest BCUT2D eigenvalue weighted by atomic mass is 10.1. The van der Waals surface area contributed by atoms with Crippen LogP contribution in [0, 0.1) is 20.8 Å². The molecule has 100 valence electrons. The van der Waals surface area contributed by atoms with Gasteiger partial charge in [-0.05, 0) is 31.9 Å². The smallest absolute Gasteiger partial charge is 0.356 e. The van der Waals surface area contributed by atoms with Crippen molar-refractivity contribution in [3.05, 3.63) is 52.6 Å². The minimum atomic E-state index is -0.356. The van der Waals surface area contributed by atoms with Crippen LogP contribution in [0.15, 0.2) is 24.4 Å². The zero-order valence-corrected chi connectivity index (χ0v) is 11.7. The van der Waals surface area contributed by atoms with Crippen LogP contribution in [0.5, 0.6) is 0 Å². The molecule has 4 nitrogen and oxygen atoms in total. The maximum absolute atomic E-state index is 11.7. The predicted molar refractivity (Wildman–Crippen MR) is 73.3 cm³/mol. The number of carbonyl (C=O) groups is 1. The molecule has 0 bridgehead atoms. The van der Waals surface area contributed by atoms with Gasteiger partial charge < -0.3 is 9.30 Å². The molecular weight excluding hydrogens is 240 g/mol. The molecular formula is C15H18N2O2. The zero-order chi connectivity index (χ0) is 14.0. The first-order valence-corrected chi connectivity index (χ1v) is 6.19. The lowest BCUT2D eigenvalue weighted by molar-refractivity contribution is 0.0588. The minimum absolute atomic E-state index is 0.356. The molecule has 0 aliphatic rings. The van der Waals surface area contributed by atoms with E-state index in [0.29, 0.717) is 12.2 Å². The van der Waals surface area contributed by atoms with Gasteiger partial charge in [0.2, 0.25) is 0 Å². The summed E-state index contributed by atoms with van der Waals surface area (Å²) in [6, 6.07) is 6.31. The molecule has 0 N–H and O–H groups in total. The molecule has 19 heavy (non-hydrogen) atoms. The van der Waals surface area contributed by atoms with Gasteiger partial charge in [0.1, 0.15) is 11.5 Å². The molecule has 0 saturated carbocycles. The van der Waals surface area contributed by atoms with Gasteiger partial charge in [0.05, 0.1) is 13.3 Å². The molecule has 1 aromatic carbocycles. The van der Waals surface area contributed by atoms with Crippen molar-refractivity contribution in [2.75, 3.05) is 7.11 Å². The van der Waals surface area contributed by atoms with Crippen molar-refractivity contribution in [3.8, 4) is 0 Å². The Labute approximate surface area is 113 Å². The number of carbonyl (C=O) groups excluding carboxylic acids is 1. The summed E-state index contributed by atoms with van der Waals surface area (Å²) in [5, 5.41) is 0. The molecule has 0 amide bonds. The summed E-state index contributed by atoms with van der Waals surface area (Å²) in [6.45, 7) is 6.64. The predicted octanol–water partition coefficient (Wildman–Crippen LogP) is 2.64. The number of hydrogen-bond acceptors (Lipinski definition) is 3. The Hall–Kier alpha value is -2.10. The van der Waals surface area contributed by atoms with Gasteiger partial charge in [-0.3, -0.25) is 0 Å². The molecule has 0 radical (unpaired) electrons. The molecule has 2 rings (SSSR count). The summed E-state index contributed by atoms with van der Waals surface area (Å²) in [7, 11) is 1.38. The SMILES string of the molecule is COC(=O)c1cnc(C)n1Cc1cc(C)ccc1C. The third-order valence-corrected chi connectivity index (χ3v) is 3.28. The number of aromatic nitrogens is 2. The number of rotatable bonds is 3. The summed E-state index contributed by atoms with van der Waals surface area (Å²) < 4.78 is 6.66. The van der Waals surface area contributed by atoms with Crippen LogP contribution in [0.2, 0.25) is 0 Å². The number of hydrogen-bond donors (Lipinski definition) is 0. The van der Waals surface area contributed by atoms with E-state index in [4.69, 9.17) is 4.74 Å². The molecule has 0 fully saturated rings. The molecule has 0 unspecified atom stereocenters. The molecule has 0 spiro atoms. The second-order valence-electron chi connectivity index (χ2n) is 4.70. The summed E-state index contributed by atoms with van der Waals surface area (Å²) in [6.07, 6.45) is 1.56. The van der Waals surface area contributed by atoms with E-state index in [2.05, 4.69) is 37.0 Å². The van der Waals surface area contributed by atoms with Crippen molar-refractivity contribution in [3.63, 3.8) is 0 Å². The van der Waals surface area contributed by atoms with E-state index in [0.717, 1.165) is 5.82 Å². The van der Waals surface area contributed by atoms with Crippen LogP contribution in [0.25, 0.3) is 0 Å². The standard InChI is InChI=1S/C15H18N2O2/c1-10-5-6-11(2)13(7-10)9-17-12(3)16-8-14(17)15(18)19-4/h5-8H,9H2,1-4H3. The van der Waals surface area contributed by atoms with E-state index < -0.39 is 0 Å². The van der Waals surface area contributed by atoms with E-state index in [1.165, 1.54) is 23.8 Å². The van der Waals surface area contributed by atoms with E-state index in [1.807, 2.05) is 11.5 Å². The molecule has 1 aromatic heterocycles. The quantitative estimate of drug-likeness (QED) is 0.795. The van der Waals surface area contributed by atoms with Crippen molar-refractivity contribution in [1.82, 2.24) is 9.55 Å². The maximum atomic E-state index is 11.7. The number of benzene rings is 1. The van der Waals surface area contributed by atoms with Gasteiger partial charge in [-0.2, -0.15) is 0 Å². The topological polar surface area (TPSA) is 44.1 Å². The number of imidazole rings is 1.